The van der Waals surface area contributed by atoms with Gasteiger partial charge in [0.2, 0.25) is 0 Å². The number of alkyl halides is 2. The number of halogens is 4. The van der Waals surface area contributed by atoms with Gasteiger partial charge in [0.15, 0.2) is 0 Å². The van der Waals surface area contributed by atoms with E-state index in [1.165, 1.54) is 0 Å². The zero-order valence-corrected chi connectivity index (χ0v) is 10.9. The maximum atomic E-state index is 12.5. The van der Waals surface area contributed by atoms with Gasteiger partial charge in [-0.25, -0.2) is 17.2 Å². The minimum atomic E-state index is -4.32. The van der Waals surface area contributed by atoms with Crippen LogP contribution in [0.3, 0.4) is 0 Å². The summed E-state index contributed by atoms with van der Waals surface area (Å²) >= 11 is 2.62. The molecule has 0 fully saturated rings. The Morgan fingerprint density at radius 1 is 1.41 bits per heavy atom. The van der Waals surface area contributed by atoms with Gasteiger partial charge in [0.05, 0.1) is 9.82 Å². The number of hydrogen-bond acceptors (Lipinski definition) is 4. The van der Waals surface area contributed by atoms with Gasteiger partial charge in [-0.05, 0) is 22.0 Å². The Hall–Kier alpha value is -0.800. The molecule has 1 aromatic rings. The van der Waals surface area contributed by atoms with Crippen molar-refractivity contribution in [2.24, 2.45) is 0 Å². The van der Waals surface area contributed by atoms with Crippen LogP contribution in [0.2, 0.25) is 0 Å². The van der Waals surface area contributed by atoms with Gasteiger partial charge in [-0.15, -0.1) is 0 Å². The van der Waals surface area contributed by atoms with E-state index in [4.69, 9.17) is 10.7 Å². The average Bonchev–Trinajstić information content (AvgIpc) is 2.14. The molecule has 0 aliphatic rings. The van der Waals surface area contributed by atoms with Gasteiger partial charge in [-0.1, -0.05) is 0 Å². The van der Waals surface area contributed by atoms with Crippen molar-refractivity contribution in [2.75, 3.05) is 0 Å². The highest BCUT2D eigenvalue weighted by Gasteiger charge is 2.26. The maximum Gasteiger partial charge on any atom is 0.285 e. The monoisotopic (exact) mass is 349 g/mol. The molecule has 0 aliphatic heterocycles. The number of benzene rings is 1. The third-order valence-corrected chi connectivity index (χ3v) is 3.97. The SMILES string of the molecule is O=[N+]([O-])c1cc(S(=O)(=O)Cl)cc(C(F)F)c1Br. The Morgan fingerprint density at radius 2 is 1.94 bits per heavy atom. The van der Waals surface area contributed by atoms with Crippen LogP contribution in [0.4, 0.5) is 14.5 Å². The third-order valence-electron chi connectivity index (χ3n) is 1.77. The Kier molecular flexibility index (Phi) is 4.05. The first-order valence-corrected chi connectivity index (χ1v) is 6.95. The van der Waals surface area contributed by atoms with E-state index in [9.17, 15) is 27.3 Å². The van der Waals surface area contributed by atoms with Gasteiger partial charge in [-0.3, -0.25) is 10.1 Å². The Bertz CT molecular complexity index is 577. The summed E-state index contributed by atoms with van der Waals surface area (Å²) in [5, 5.41) is 10.6. The highest BCUT2D eigenvalue weighted by Crippen LogP contribution is 2.37. The van der Waals surface area contributed by atoms with Crippen molar-refractivity contribution >= 4 is 41.4 Å². The first kappa shape index (κ1) is 14.3. The molecule has 1 rings (SSSR count). The van der Waals surface area contributed by atoms with E-state index in [1.54, 1.807) is 0 Å². The second kappa shape index (κ2) is 4.83. The molecule has 17 heavy (non-hydrogen) atoms. The number of nitro groups is 1. The molecule has 0 aromatic heterocycles. The summed E-state index contributed by atoms with van der Waals surface area (Å²) in [5.41, 5.74) is -1.60. The zero-order chi connectivity index (χ0) is 13.4. The van der Waals surface area contributed by atoms with Crippen molar-refractivity contribution in [1.29, 1.82) is 0 Å². The second-order valence-electron chi connectivity index (χ2n) is 2.84. The molecule has 0 unspecified atom stereocenters. The van der Waals surface area contributed by atoms with Crippen LogP contribution in [0.25, 0.3) is 0 Å². The fourth-order valence-corrected chi connectivity index (χ4v) is 2.37. The largest absolute Gasteiger partial charge is 0.285 e. The molecular formula is C7H3BrClF2NO4S. The Morgan fingerprint density at radius 3 is 2.29 bits per heavy atom. The van der Waals surface area contributed by atoms with Gasteiger partial charge in [-0.2, -0.15) is 0 Å². The molecule has 0 atom stereocenters. The lowest BCUT2D eigenvalue weighted by Gasteiger charge is -2.06. The average molecular weight is 351 g/mol. The molecule has 94 valence electrons. The number of rotatable bonds is 3. The normalized spacial score (nSPS) is 11.8. The highest BCUT2D eigenvalue weighted by atomic mass is 79.9. The van der Waals surface area contributed by atoms with Crippen LogP contribution in [0, 0.1) is 10.1 Å². The molecule has 0 heterocycles. The van der Waals surface area contributed by atoms with Crippen molar-refractivity contribution in [3.63, 3.8) is 0 Å². The minimum absolute atomic E-state index is 0.471. The van der Waals surface area contributed by atoms with Gasteiger partial charge < -0.3 is 0 Å². The summed E-state index contributed by atoms with van der Waals surface area (Å²) < 4.78 is 46.6. The molecular weight excluding hydrogens is 347 g/mol. The van der Waals surface area contributed by atoms with Crippen LogP contribution in [-0.2, 0) is 9.05 Å². The van der Waals surface area contributed by atoms with Crippen molar-refractivity contribution in [1.82, 2.24) is 0 Å². The molecule has 0 spiro atoms. The number of nitro benzene ring substituents is 1. The highest BCUT2D eigenvalue weighted by molar-refractivity contribution is 9.10. The van der Waals surface area contributed by atoms with E-state index >= 15 is 0 Å². The van der Waals surface area contributed by atoms with E-state index in [0.717, 1.165) is 0 Å². The van der Waals surface area contributed by atoms with Crippen molar-refractivity contribution in [3.8, 4) is 0 Å². The Balaban J connectivity index is 3.65. The van der Waals surface area contributed by atoms with Crippen LogP contribution < -0.4 is 0 Å². The molecule has 1 aromatic carbocycles. The summed E-state index contributed by atoms with van der Waals surface area (Å²) in [6.07, 6.45) is -3.07. The van der Waals surface area contributed by atoms with E-state index in [0.29, 0.717) is 12.1 Å². The minimum Gasteiger partial charge on any atom is -0.258 e. The summed E-state index contributed by atoms with van der Waals surface area (Å²) in [6.45, 7) is 0. The topological polar surface area (TPSA) is 77.3 Å². The molecule has 10 heteroatoms. The summed E-state index contributed by atoms with van der Waals surface area (Å²) in [7, 11) is 0.636. The van der Waals surface area contributed by atoms with E-state index in [-0.39, 0.29) is 0 Å². The lowest BCUT2D eigenvalue weighted by atomic mass is 10.2. The van der Waals surface area contributed by atoms with E-state index in [1.807, 2.05) is 0 Å². The fourth-order valence-electron chi connectivity index (χ4n) is 1.04. The predicted octanol–water partition coefficient (Wildman–Crippen LogP) is 3.22. The van der Waals surface area contributed by atoms with Crippen molar-refractivity contribution in [3.05, 3.63) is 32.3 Å². The van der Waals surface area contributed by atoms with Gasteiger partial charge in [0.25, 0.3) is 21.2 Å². The summed E-state index contributed by atoms with van der Waals surface area (Å²) in [5.74, 6) is 0. The smallest absolute Gasteiger partial charge is 0.258 e. The Labute approximate surface area is 107 Å². The first-order valence-electron chi connectivity index (χ1n) is 3.85. The molecule has 0 bridgehead atoms. The van der Waals surface area contributed by atoms with Crippen LogP contribution in [0.5, 0.6) is 0 Å². The quantitative estimate of drug-likeness (QED) is 0.476. The second-order valence-corrected chi connectivity index (χ2v) is 6.20. The molecule has 0 saturated carbocycles. The van der Waals surface area contributed by atoms with Crippen LogP contribution in [-0.4, -0.2) is 13.3 Å². The van der Waals surface area contributed by atoms with Gasteiger partial charge in [0.1, 0.15) is 4.47 Å². The van der Waals surface area contributed by atoms with Crippen LogP contribution in [0.1, 0.15) is 12.0 Å². The molecule has 0 N–H and O–H groups in total. The van der Waals surface area contributed by atoms with E-state index in [2.05, 4.69) is 15.9 Å². The maximum absolute atomic E-state index is 12.5. The number of hydrogen-bond donors (Lipinski definition) is 0. The van der Waals surface area contributed by atoms with Crippen molar-refractivity contribution in [2.45, 2.75) is 11.3 Å². The van der Waals surface area contributed by atoms with Crippen molar-refractivity contribution < 1.29 is 22.1 Å². The third kappa shape index (κ3) is 3.11. The summed E-state index contributed by atoms with van der Waals surface area (Å²) in [4.78, 5) is 8.84. The first-order chi connectivity index (χ1) is 7.64. The molecule has 0 aliphatic carbocycles. The standard InChI is InChI=1S/C7H3BrClF2NO4S/c8-6-4(7(10)11)1-3(17(9,15)16)2-5(6)12(13)14/h1-2,7H. The molecule has 5 nitrogen and oxygen atoms in total. The van der Waals surface area contributed by atoms with Crippen LogP contribution >= 0.6 is 26.6 Å². The summed E-state index contributed by atoms with van der Waals surface area (Å²) in [6, 6.07) is 1.20. The lowest BCUT2D eigenvalue weighted by molar-refractivity contribution is -0.386. The molecule has 0 amide bonds. The molecule has 0 saturated heterocycles. The zero-order valence-electron chi connectivity index (χ0n) is 7.73. The van der Waals surface area contributed by atoms with Gasteiger partial charge in [0, 0.05) is 22.3 Å². The predicted molar refractivity (Wildman–Crippen MR) is 58.8 cm³/mol. The van der Waals surface area contributed by atoms with Gasteiger partial charge >= 0.3 is 0 Å². The van der Waals surface area contributed by atoms with E-state index < -0.39 is 41.0 Å². The van der Waals surface area contributed by atoms with Crippen LogP contribution in [0.15, 0.2) is 21.5 Å². The molecule has 0 radical (unpaired) electrons. The fraction of sp³-hybridized carbons (Fsp3) is 0.143. The number of nitrogens with zero attached hydrogens (tertiary/aromatic N) is 1. The lowest BCUT2D eigenvalue weighted by Crippen LogP contribution is -1.99.